The van der Waals surface area contributed by atoms with Crippen LogP contribution < -0.4 is 14.8 Å². The van der Waals surface area contributed by atoms with Crippen LogP contribution in [0.5, 0.6) is 5.75 Å². The number of hydrogen-bond donors (Lipinski definition) is 2. The maximum Gasteiger partial charge on any atom is 0.146 e. The van der Waals surface area contributed by atoms with Gasteiger partial charge in [-0.15, -0.1) is 0 Å². The van der Waals surface area contributed by atoms with E-state index in [1.165, 1.54) is 24.7 Å². The van der Waals surface area contributed by atoms with Crippen molar-refractivity contribution in [2.45, 2.75) is 13.0 Å². The monoisotopic (exact) mass is 455 g/mol. The Balaban J connectivity index is 1.70. The summed E-state index contributed by atoms with van der Waals surface area (Å²) in [5, 5.41) is 13.2. The molecule has 2 heterocycles. The van der Waals surface area contributed by atoms with E-state index in [2.05, 4.69) is 31.9 Å². The fraction of sp³-hybridized carbons (Fsp3) is 0.273. The minimum absolute atomic E-state index is 0.256. The van der Waals surface area contributed by atoms with Gasteiger partial charge >= 0.3 is 0 Å². The topological polar surface area (TPSA) is 109 Å². The summed E-state index contributed by atoms with van der Waals surface area (Å²) in [7, 11) is -2.44. The van der Waals surface area contributed by atoms with Gasteiger partial charge in [-0.25, -0.2) is 18.6 Å². The third-order valence-corrected chi connectivity index (χ3v) is 5.61. The molecule has 3 unspecified atom stereocenters. The summed E-state index contributed by atoms with van der Waals surface area (Å²) in [5.74, 6) is 3.48. The Hall–Kier alpha value is -3.42. The van der Waals surface area contributed by atoms with Crippen LogP contribution in [0.4, 0.5) is 21.6 Å². The predicted molar refractivity (Wildman–Crippen MR) is 123 cm³/mol. The Bertz CT molecular complexity index is 1320. The van der Waals surface area contributed by atoms with Crippen LogP contribution >= 0.6 is 0 Å². The summed E-state index contributed by atoms with van der Waals surface area (Å²) in [6.45, 7) is 2.42. The van der Waals surface area contributed by atoms with Gasteiger partial charge < -0.3 is 19.5 Å². The van der Waals surface area contributed by atoms with E-state index in [1.54, 1.807) is 12.1 Å². The van der Waals surface area contributed by atoms with E-state index in [-0.39, 0.29) is 19.0 Å². The number of hydrogen-bond acceptors (Lipinski definition) is 7. The molecule has 8 nitrogen and oxygen atoms in total. The fourth-order valence-electron chi connectivity index (χ4n) is 3.55. The van der Waals surface area contributed by atoms with Gasteiger partial charge in [0, 0.05) is 33.1 Å². The molecule has 1 aliphatic heterocycles. The highest BCUT2D eigenvalue weighted by Crippen LogP contribution is 2.34. The van der Waals surface area contributed by atoms with Crippen molar-refractivity contribution in [2.75, 3.05) is 29.5 Å². The van der Waals surface area contributed by atoms with Crippen molar-refractivity contribution in [2.24, 2.45) is 5.92 Å². The molecule has 0 saturated carbocycles. The van der Waals surface area contributed by atoms with Crippen molar-refractivity contribution in [3.8, 4) is 11.8 Å². The number of aryl methyl sites for hydroxylation is 1. The molecule has 1 fully saturated rings. The van der Waals surface area contributed by atoms with E-state index in [0.717, 1.165) is 10.9 Å². The standard InChI is InChI=1S/C22H22FN5O3S/c1-13-6-16(28-32(2,3)29)8-18-21(13)22(26-12-25-18)27-17-5-4-15(23)7-19(17)31-20-11-30-10-14(20)9-24/h4-8,12,14,20H,2,10-11H2,1,3H3,(H,28,29)(H,25,26,27). The molecule has 0 amide bonds. The lowest BCUT2D eigenvalue weighted by molar-refractivity contribution is 0.140. The number of anilines is 3. The minimum Gasteiger partial charge on any atom is -0.484 e. The van der Waals surface area contributed by atoms with Gasteiger partial charge in [0.1, 0.15) is 35.7 Å². The maximum atomic E-state index is 14.0. The molecule has 0 aliphatic carbocycles. The third-order valence-electron chi connectivity index (χ3n) is 4.94. The first-order valence-corrected chi connectivity index (χ1v) is 11.9. The second-order valence-corrected chi connectivity index (χ2v) is 9.93. The van der Waals surface area contributed by atoms with Gasteiger partial charge in [0.25, 0.3) is 0 Å². The van der Waals surface area contributed by atoms with Crippen LogP contribution in [-0.4, -0.2) is 45.6 Å². The molecule has 0 bridgehead atoms. The first-order chi connectivity index (χ1) is 15.2. The Kier molecular flexibility index (Phi) is 5.86. The highest BCUT2D eigenvalue weighted by molar-refractivity contribution is 8.00. The highest BCUT2D eigenvalue weighted by Gasteiger charge is 2.30. The van der Waals surface area contributed by atoms with Crippen LogP contribution in [0, 0.1) is 30.0 Å². The molecular formula is C22H22FN5O3S. The molecule has 0 spiro atoms. The number of nitrogens with one attached hydrogen (secondary N) is 2. The zero-order valence-electron chi connectivity index (χ0n) is 17.6. The van der Waals surface area contributed by atoms with Crippen LogP contribution in [0.3, 0.4) is 0 Å². The first-order valence-electron chi connectivity index (χ1n) is 9.79. The van der Waals surface area contributed by atoms with E-state index in [4.69, 9.17) is 9.47 Å². The number of nitrogens with zero attached hydrogens (tertiary/aromatic N) is 3. The van der Waals surface area contributed by atoms with Crippen molar-refractivity contribution >= 4 is 43.7 Å². The summed E-state index contributed by atoms with van der Waals surface area (Å²) in [6.07, 6.45) is 2.43. The fourth-order valence-corrected chi connectivity index (χ4v) is 4.17. The van der Waals surface area contributed by atoms with Crippen molar-refractivity contribution in [3.05, 3.63) is 48.0 Å². The van der Waals surface area contributed by atoms with Crippen LogP contribution in [0.1, 0.15) is 5.56 Å². The Morgan fingerprint density at radius 2 is 2.12 bits per heavy atom. The number of rotatable bonds is 6. The number of benzene rings is 2. The van der Waals surface area contributed by atoms with E-state index >= 15 is 0 Å². The number of halogens is 1. The van der Waals surface area contributed by atoms with Crippen molar-refractivity contribution in [3.63, 3.8) is 0 Å². The van der Waals surface area contributed by atoms with Crippen molar-refractivity contribution in [1.82, 2.24) is 9.97 Å². The van der Waals surface area contributed by atoms with Gasteiger partial charge in [-0.3, -0.25) is 0 Å². The van der Waals surface area contributed by atoms with Crippen LogP contribution in [0.2, 0.25) is 0 Å². The summed E-state index contributed by atoms with van der Waals surface area (Å²) in [5.41, 5.74) is 2.60. The highest BCUT2D eigenvalue weighted by atomic mass is 32.2. The molecule has 1 aliphatic rings. The molecule has 10 heteroatoms. The second-order valence-electron chi connectivity index (χ2n) is 7.71. The summed E-state index contributed by atoms with van der Waals surface area (Å²) in [6, 6.07) is 9.88. The number of aromatic nitrogens is 2. The molecule has 3 atom stereocenters. The molecule has 32 heavy (non-hydrogen) atoms. The van der Waals surface area contributed by atoms with Crippen LogP contribution in [0.25, 0.3) is 10.9 Å². The number of ether oxygens (including phenoxy) is 2. The molecule has 4 rings (SSSR count). The zero-order valence-corrected chi connectivity index (χ0v) is 18.4. The molecule has 2 aromatic carbocycles. The Morgan fingerprint density at radius 3 is 2.88 bits per heavy atom. The van der Waals surface area contributed by atoms with Gasteiger partial charge in [0.2, 0.25) is 0 Å². The van der Waals surface area contributed by atoms with Gasteiger partial charge in [-0.2, -0.15) is 5.26 Å². The van der Waals surface area contributed by atoms with Gasteiger partial charge in [-0.1, -0.05) is 0 Å². The Morgan fingerprint density at radius 1 is 1.31 bits per heavy atom. The zero-order chi connectivity index (χ0) is 22.9. The lowest BCUT2D eigenvalue weighted by Gasteiger charge is -2.19. The third kappa shape index (κ3) is 4.74. The van der Waals surface area contributed by atoms with E-state index in [1.807, 2.05) is 13.0 Å². The van der Waals surface area contributed by atoms with E-state index < -0.39 is 27.5 Å². The average molecular weight is 456 g/mol. The van der Waals surface area contributed by atoms with Crippen LogP contribution in [0.15, 0.2) is 36.7 Å². The molecular weight excluding hydrogens is 433 g/mol. The first kappa shape index (κ1) is 21.8. The van der Waals surface area contributed by atoms with Gasteiger partial charge in [0.15, 0.2) is 0 Å². The molecule has 2 N–H and O–H groups in total. The number of nitriles is 1. The second kappa shape index (κ2) is 8.61. The maximum absolute atomic E-state index is 14.0. The summed E-state index contributed by atoms with van der Waals surface area (Å²) in [4.78, 5) is 8.68. The Labute approximate surface area is 185 Å². The largest absolute Gasteiger partial charge is 0.484 e. The lowest BCUT2D eigenvalue weighted by Crippen LogP contribution is -2.24. The average Bonchev–Trinajstić information content (AvgIpc) is 3.15. The van der Waals surface area contributed by atoms with Crippen LogP contribution in [-0.2, 0) is 14.4 Å². The minimum atomic E-state index is -2.44. The SMILES string of the molecule is C=S(C)(=O)Nc1cc(C)c2c(Nc3ccc(F)cc3OC3COCC3C#N)ncnc2c1. The summed E-state index contributed by atoms with van der Waals surface area (Å²) < 4.78 is 40.1. The molecule has 0 radical (unpaired) electrons. The van der Waals surface area contributed by atoms with Gasteiger partial charge in [0.05, 0.1) is 30.5 Å². The van der Waals surface area contributed by atoms with Gasteiger partial charge in [-0.05, 0) is 42.6 Å². The quantitative estimate of drug-likeness (QED) is 0.548. The number of fused-ring (bicyclic) bond motifs is 1. The lowest BCUT2D eigenvalue weighted by atomic mass is 10.1. The van der Waals surface area contributed by atoms with E-state index in [0.29, 0.717) is 22.7 Å². The molecule has 3 aromatic rings. The predicted octanol–water partition coefficient (Wildman–Crippen LogP) is 3.41. The van der Waals surface area contributed by atoms with Crippen molar-refractivity contribution < 1.29 is 18.1 Å². The summed E-state index contributed by atoms with van der Waals surface area (Å²) >= 11 is 0. The molecule has 1 saturated heterocycles. The molecule has 166 valence electrons. The van der Waals surface area contributed by atoms with Crippen molar-refractivity contribution in [1.29, 1.82) is 5.26 Å². The molecule has 1 aromatic heterocycles. The smallest absolute Gasteiger partial charge is 0.146 e. The normalized spacial score (nSPS) is 19.8. The van der Waals surface area contributed by atoms with E-state index in [9.17, 15) is 13.9 Å².